The lowest BCUT2D eigenvalue weighted by Crippen LogP contribution is -2.70. The molecule has 1 fully saturated rings. The fourth-order valence-corrected chi connectivity index (χ4v) is 6.12. The number of aliphatic hydroxyl groups is 1. The van der Waals surface area contributed by atoms with Crippen LogP contribution in [0.15, 0.2) is 24.3 Å². The number of likely N-dealkylation sites (tertiary alicyclic amines) is 1. The molecule has 2 aliphatic heterocycles. The monoisotopic (exact) mass is 379 g/mol. The van der Waals surface area contributed by atoms with Crippen molar-refractivity contribution < 1.29 is 31.5 Å². The Morgan fingerprint density at radius 1 is 1.35 bits per heavy atom. The highest BCUT2D eigenvalue weighted by Crippen LogP contribution is 2.63. The number of rotatable bonds is 2. The van der Waals surface area contributed by atoms with E-state index < -0.39 is 28.0 Å². The maximum absolute atomic E-state index is 11.1. The van der Waals surface area contributed by atoms with Crippen LogP contribution in [0.1, 0.15) is 17.5 Å². The Bertz CT molecular complexity index is 939. The molecule has 140 valence electrons. The van der Waals surface area contributed by atoms with Crippen molar-refractivity contribution in [1.29, 1.82) is 0 Å². The SMILES string of the molecule is C[N+]1(C)CC[C@]23c4c5ccc(OS(=O)(=O)[O-])c4O[C@H]2[C@@H](O)C=C[C@H]3[C@H]1C5. The van der Waals surface area contributed by atoms with E-state index in [1.54, 1.807) is 6.08 Å². The van der Waals surface area contributed by atoms with Gasteiger partial charge in [0.05, 0.1) is 26.1 Å². The topological polar surface area (TPSA) is 95.9 Å². The van der Waals surface area contributed by atoms with Gasteiger partial charge in [-0.2, -0.15) is 0 Å². The fraction of sp³-hybridized carbons (Fsp3) is 0.556. The van der Waals surface area contributed by atoms with Crippen molar-refractivity contribution in [3.8, 4) is 11.5 Å². The third kappa shape index (κ3) is 1.95. The van der Waals surface area contributed by atoms with Crippen LogP contribution in [0, 0.1) is 5.92 Å². The highest BCUT2D eigenvalue weighted by atomic mass is 32.3. The van der Waals surface area contributed by atoms with E-state index in [4.69, 9.17) is 4.74 Å². The molecule has 0 amide bonds. The predicted octanol–water partition coefficient (Wildman–Crippen LogP) is 0.476. The summed E-state index contributed by atoms with van der Waals surface area (Å²) in [6.07, 6.45) is 4.27. The van der Waals surface area contributed by atoms with Gasteiger partial charge in [0.15, 0.2) is 11.5 Å². The molecule has 2 aliphatic carbocycles. The molecule has 1 aromatic rings. The lowest BCUT2D eigenvalue weighted by Gasteiger charge is -2.58. The summed E-state index contributed by atoms with van der Waals surface area (Å²) in [5.74, 6) is 0.420. The Kier molecular flexibility index (Phi) is 3.06. The molecular weight excluding hydrogens is 358 g/mol. The van der Waals surface area contributed by atoms with Crippen LogP contribution in [0.3, 0.4) is 0 Å². The number of aliphatic hydroxyl groups excluding tert-OH is 1. The molecule has 5 atom stereocenters. The second kappa shape index (κ2) is 4.81. The molecule has 1 spiro atoms. The minimum atomic E-state index is -4.91. The van der Waals surface area contributed by atoms with E-state index in [1.165, 1.54) is 6.07 Å². The molecule has 8 heteroatoms. The maximum atomic E-state index is 11.1. The molecule has 0 unspecified atom stereocenters. The molecular formula is C18H21NO6S. The summed E-state index contributed by atoms with van der Waals surface area (Å²) in [5.41, 5.74) is 1.61. The van der Waals surface area contributed by atoms with Crippen LogP contribution < -0.4 is 8.92 Å². The largest absolute Gasteiger partial charge is 0.716 e. The van der Waals surface area contributed by atoms with Gasteiger partial charge in [0.1, 0.15) is 18.2 Å². The van der Waals surface area contributed by atoms with Gasteiger partial charge in [-0.05, 0) is 11.6 Å². The van der Waals surface area contributed by atoms with Gasteiger partial charge >= 0.3 is 0 Å². The Labute approximate surface area is 152 Å². The number of hydrogen-bond donors (Lipinski definition) is 1. The van der Waals surface area contributed by atoms with Crippen LogP contribution in [0.5, 0.6) is 11.5 Å². The summed E-state index contributed by atoms with van der Waals surface area (Å²) in [6, 6.07) is 3.69. The molecule has 7 nitrogen and oxygen atoms in total. The summed E-state index contributed by atoms with van der Waals surface area (Å²) < 4.78 is 45.1. The smallest absolute Gasteiger partial charge is 0.262 e. The Hall–Kier alpha value is -1.61. The first kappa shape index (κ1) is 16.6. The number of benzene rings is 1. The van der Waals surface area contributed by atoms with Gasteiger partial charge in [-0.1, -0.05) is 18.2 Å². The zero-order valence-electron chi connectivity index (χ0n) is 14.6. The fourth-order valence-electron chi connectivity index (χ4n) is 5.77. The maximum Gasteiger partial charge on any atom is 0.262 e. The van der Waals surface area contributed by atoms with Crippen LogP contribution in [0.4, 0.5) is 0 Å². The lowest BCUT2D eigenvalue weighted by molar-refractivity contribution is -0.926. The van der Waals surface area contributed by atoms with Gasteiger partial charge in [0.25, 0.3) is 10.4 Å². The number of ether oxygens (including phenoxy) is 1. The van der Waals surface area contributed by atoms with E-state index in [1.807, 2.05) is 6.07 Å². The molecule has 0 saturated carbocycles. The van der Waals surface area contributed by atoms with Crippen LogP contribution in [0.25, 0.3) is 0 Å². The Balaban J connectivity index is 1.77. The van der Waals surface area contributed by atoms with Crippen LogP contribution >= 0.6 is 0 Å². The normalized spacial score (nSPS) is 38.5. The molecule has 4 aliphatic rings. The van der Waals surface area contributed by atoms with Gasteiger partial charge in [0.2, 0.25) is 0 Å². The predicted molar refractivity (Wildman–Crippen MR) is 90.6 cm³/mol. The zero-order valence-corrected chi connectivity index (χ0v) is 15.4. The van der Waals surface area contributed by atoms with Crippen molar-refractivity contribution in [2.75, 3.05) is 20.6 Å². The third-order valence-corrected chi connectivity index (χ3v) is 7.27. The summed E-state index contributed by atoms with van der Waals surface area (Å²) in [7, 11) is -0.445. The Morgan fingerprint density at radius 3 is 2.85 bits per heavy atom. The van der Waals surface area contributed by atoms with Gasteiger partial charge in [-0.3, -0.25) is 0 Å². The summed E-state index contributed by atoms with van der Waals surface area (Å²) >= 11 is 0. The quantitative estimate of drug-likeness (QED) is 0.347. The average Bonchev–Trinajstić information content (AvgIpc) is 2.89. The molecule has 26 heavy (non-hydrogen) atoms. The number of piperidine rings is 1. The van der Waals surface area contributed by atoms with Crippen LogP contribution in [-0.4, -0.2) is 61.4 Å². The van der Waals surface area contributed by atoms with Crippen molar-refractivity contribution in [3.05, 3.63) is 35.4 Å². The first-order valence-corrected chi connectivity index (χ1v) is 10.1. The van der Waals surface area contributed by atoms with E-state index in [2.05, 4.69) is 24.4 Å². The first-order valence-electron chi connectivity index (χ1n) is 8.81. The van der Waals surface area contributed by atoms with Crippen molar-refractivity contribution in [1.82, 2.24) is 0 Å². The average molecular weight is 379 g/mol. The van der Waals surface area contributed by atoms with E-state index in [0.717, 1.165) is 35.0 Å². The number of hydrogen-bond acceptors (Lipinski definition) is 6. The highest BCUT2D eigenvalue weighted by molar-refractivity contribution is 7.81. The van der Waals surface area contributed by atoms with Crippen molar-refractivity contribution >= 4 is 10.4 Å². The van der Waals surface area contributed by atoms with Crippen molar-refractivity contribution in [2.45, 2.75) is 36.5 Å². The van der Waals surface area contributed by atoms with Crippen molar-refractivity contribution in [3.63, 3.8) is 0 Å². The molecule has 1 N–H and O–H groups in total. The van der Waals surface area contributed by atoms with E-state index >= 15 is 0 Å². The van der Waals surface area contributed by atoms with E-state index in [9.17, 15) is 18.1 Å². The van der Waals surface area contributed by atoms with E-state index in [0.29, 0.717) is 11.8 Å². The molecule has 1 aromatic carbocycles. The standard InChI is InChI=1S/C18H21NO6S/c1-19(2)8-7-18-11-4-5-13(20)17(18)24-16-14(25-26(21,22)23)6-3-10(15(16)18)9-12(11)19/h3-6,11-13,17,20H,7-9H2,1-2H3/t11-,12+,13-,17-,18-/m0/s1. The van der Waals surface area contributed by atoms with Gasteiger partial charge < -0.3 is 23.1 Å². The Morgan fingerprint density at radius 2 is 2.12 bits per heavy atom. The number of likely N-dealkylation sites (N-methyl/N-ethyl adjacent to an activating group) is 1. The van der Waals surface area contributed by atoms with Crippen LogP contribution in [0.2, 0.25) is 0 Å². The second-order valence-corrected chi connectivity index (χ2v) is 9.41. The molecule has 2 heterocycles. The third-order valence-electron chi connectivity index (χ3n) is 6.88. The van der Waals surface area contributed by atoms with Crippen molar-refractivity contribution in [2.24, 2.45) is 5.92 Å². The van der Waals surface area contributed by atoms with Gasteiger partial charge in [-0.25, -0.2) is 8.42 Å². The van der Waals surface area contributed by atoms with Gasteiger partial charge in [-0.15, -0.1) is 0 Å². The lowest BCUT2D eigenvalue weighted by atomic mass is 9.53. The minimum absolute atomic E-state index is 0.0775. The molecule has 0 aromatic heterocycles. The minimum Gasteiger partial charge on any atom is -0.716 e. The highest BCUT2D eigenvalue weighted by Gasteiger charge is 2.67. The molecule has 1 saturated heterocycles. The number of nitrogens with zero attached hydrogens (tertiary/aromatic N) is 1. The summed E-state index contributed by atoms with van der Waals surface area (Å²) in [4.78, 5) is 0. The molecule has 5 rings (SSSR count). The van der Waals surface area contributed by atoms with Crippen LogP contribution in [-0.2, 0) is 22.2 Å². The second-order valence-electron chi connectivity index (χ2n) is 8.42. The molecule has 2 bridgehead atoms. The number of quaternary nitrogens is 1. The summed E-state index contributed by atoms with van der Waals surface area (Å²) in [6.45, 7) is 0.936. The van der Waals surface area contributed by atoms with Gasteiger partial charge in [0, 0.05) is 24.3 Å². The summed E-state index contributed by atoms with van der Waals surface area (Å²) in [5, 5.41) is 10.6. The first-order chi connectivity index (χ1) is 12.1. The zero-order chi connectivity index (χ0) is 18.5. The van der Waals surface area contributed by atoms with E-state index in [-0.39, 0.29) is 11.7 Å². The molecule has 0 radical (unpaired) electrons.